The number of carbonyl (C=O) groups excluding carboxylic acids is 2. The highest BCUT2D eigenvalue weighted by atomic mass is 16.7. The van der Waals surface area contributed by atoms with Gasteiger partial charge in [-0.1, -0.05) is 42.5 Å². The summed E-state index contributed by atoms with van der Waals surface area (Å²) in [6.45, 7) is 5.66. The predicted octanol–water partition coefficient (Wildman–Crippen LogP) is 2.94. The number of aliphatic hydroxyl groups excluding tert-OH is 1. The van der Waals surface area contributed by atoms with Crippen LogP contribution in [0.1, 0.15) is 45.5 Å². The van der Waals surface area contributed by atoms with E-state index < -0.39 is 52.7 Å². The van der Waals surface area contributed by atoms with Crippen molar-refractivity contribution in [1.82, 2.24) is 0 Å². The second kappa shape index (κ2) is 8.69. The van der Waals surface area contributed by atoms with Crippen LogP contribution in [0.5, 0.6) is 0 Å². The van der Waals surface area contributed by atoms with Crippen molar-refractivity contribution >= 4 is 11.9 Å². The Morgan fingerprint density at radius 2 is 1.86 bits per heavy atom. The lowest BCUT2D eigenvalue weighted by Gasteiger charge is -2.60. The average molecular weight is 487 g/mol. The van der Waals surface area contributed by atoms with Crippen LogP contribution in [0.3, 0.4) is 0 Å². The standard InChI is InChI=1S/C27H34O8/c1-25(2,3)23(29)32-13-12-26-11-10-17(28)20-21(26)27(15-33-20,24(30)31-4)19-14-18(26)34-22(35-19)16-8-6-5-7-9-16/h5-11,17-22,28H,12-15H2,1-4H3/t17-,18-,19+,20-,21+,22+,26+,27-/m0/s1. The van der Waals surface area contributed by atoms with Gasteiger partial charge in [0.15, 0.2) is 6.29 Å². The van der Waals surface area contributed by atoms with Crippen molar-refractivity contribution < 1.29 is 38.4 Å². The van der Waals surface area contributed by atoms with Crippen LogP contribution in [0.4, 0.5) is 0 Å². The molecule has 8 heteroatoms. The maximum absolute atomic E-state index is 13.5. The molecule has 2 heterocycles. The topological polar surface area (TPSA) is 101 Å². The first kappa shape index (κ1) is 24.4. The summed E-state index contributed by atoms with van der Waals surface area (Å²) in [5.74, 6) is -1.17. The van der Waals surface area contributed by atoms with E-state index in [4.69, 9.17) is 23.7 Å². The highest BCUT2D eigenvalue weighted by Crippen LogP contribution is 2.65. The molecule has 8 atom stereocenters. The van der Waals surface area contributed by atoms with E-state index in [2.05, 4.69) is 0 Å². The summed E-state index contributed by atoms with van der Waals surface area (Å²) >= 11 is 0. The second-order valence-electron chi connectivity index (χ2n) is 11.1. The van der Waals surface area contributed by atoms with Crippen molar-refractivity contribution in [3.05, 3.63) is 48.0 Å². The van der Waals surface area contributed by atoms with Crippen molar-refractivity contribution in [3.8, 4) is 0 Å². The van der Waals surface area contributed by atoms with E-state index in [0.29, 0.717) is 12.8 Å². The van der Waals surface area contributed by atoms with Crippen molar-refractivity contribution in [3.63, 3.8) is 0 Å². The third-order valence-corrected chi connectivity index (χ3v) is 8.11. The first-order valence-electron chi connectivity index (χ1n) is 12.2. The number of benzene rings is 1. The number of ether oxygens (including phenoxy) is 5. The van der Waals surface area contributed by atoms with Crippen LogP contribution in [0.25, 0.3) is 0 Å². The summed E-state index contributed by atoms with van der Waals surface area (Å²) in [6.07, 6.45) is 1.52. The fourth-order valence-electron chi connectivity index (χ4n) is 6.41. The third kappa shape index (κ3) is 3.73. The molecule has 2 bridgehead atoms. The zero-order valence-corrected chi connectivity index (χ0v) is 20.6. The molecule has 2 saturated heterocycles. The Hall–Kier alpha value is -2.26. The van der Waals surface area contributed by atoms with E-state index in [0.717, 1.165) is 5.56 Å². The molecule has 2 aliphatic heterocycles. The summed E-state index contributed by atoms with van der Waals surface area (Å²) in [5.41, 5.74) is -1.62. The van der Waals surface area contributed by atoms with Gasteiger partial charge in [-0.15, -0.1) is 0 Å². The fraction of sp³-hybridized carbons (Fsp3) is 0.630. The van der Waals surface area contributed by atoms with Crippen LogP contribution in [-0.4, -0.2) is 61.8 Å². The van der Waals surface area contributed by atoms with Crippen molar-refractivity contribution in [2.24, 2.45) is 22.2 Å². The van der Waals surface area contributed by atoms with Crippen LogP contribution < -0.4 is 0 Å². The van der Waals surface area contributed by atoms with Gasteiger partial charge in [-0.3, -0.25) is 9.59 Å². The number of rotatable bonds is 5. The molecule has 1 aromatic carbocycles. The lowest BCUT2D eigenvalue weighted by Crippen LogP contribution is -2.68. The summed E-state index contributed by atoms with van der Waals surface area (Å²) in [6, 6.07) is 9.61. The first-order chi connectivity index (χ1) is 16.6. The van der Waals surface area contributed by atoms with Crippen LogP contribution in [-0.2, 0) is 33.3 Å². The van der Waals surface area contributed by atoms with Gasteiger partial charge >= 0.3 is 11.9 Å². The van der Waals surface area contributed by atoms with Crippen LogP contribution in [0.15, 0.2) is 42.5 Å². The van der Waals surface area contributed by atoms with Gasteiger partial charge in [-0.25, -0.2) is 0 Å². The molecular formula is C27H34O8. The third-order valence-electron chi connectivity index (χ3n) is 8.11. The summed E-state index contributed by atoms with van der Waals surface area (Å²) in [7, 11) is 1.37. The zero-order valence-electron chi connectivity index (χ0n) is 20.6. The van der Waals surface area contributed by atoms with Gasteiger partial charge in [-0.2, -0.15) is 0 Å². The molecule has 3 fully saturated rings. The van der Waals surface area contributed by atoms with E-state index in [1.807, 2.05) is 57.2 Å². The molecule has 2 aliphatic carbocycles. The zero-order chi connectivity index (χ0) is 25.0. The van der Waals surface area contributed by atoms with E-state index in [1.165, 1.54) is 7.11 Å². The average Bonchev–Trinajstić information content (AvgIpc) is 3.27. The SMILES string of the molecule is COC(=O)[C@]12CO[C@@H]3[C@@H]1[C@@](CCOC(=O)C(C)(C)C)(C=C[C@@H]3O)[C@@H]1C[C@H]2O[C@H](c2ccccc2)O1. The molecule has 1 aromatic rings. The van der Waals surface area contributed by atoms with E-state index >= 15 is 0 Å². The van der Waals surface area contributed by atoms with Crippen LogP contribution in [0, 0.1) is 22.2 Å². The maximum atomic E-state index is 13.5. The minimum Gasteiger partial charge on any atom is -0.468 e. The highest BCUT2D eigenvalue weighted by molar-refractivity contribution is 5.80. The molecule has 0 aromatic heterocycles. The Bertz CT molecular complexity index is 1000. The Kier molecular flexibility index (Phi) is 6.07. The number of hydrogen-bond acceptors (Lipinski definition) is 8. The molecule has 190 valence electrons. The molecule has 0 spiro atoms. The Morgan fingerprint density at radius 1 is 1.14 bits per heavy atom. The monoisotopic (exact) mass is 486 g/mol. The highest BCUT2D eigenvalue weighted by Gasteiger charge is 2.74. The van der Waals surface area contributed by atoms with Gasteiger partial charge in [0.1, 0.15) is 5.41 Å². The number of carbonyl (C=O) groups is 2. The second-order valence-corrected chi connectivity index (χ2v) is 11.1. The van der Waals surface area contributed by atoms with E-state index in [-0.39, 0.29) is 25.3 Å². The Labute approximate surface area is 205 Å². The lowest BCUT2D eigenvalue weighted by atomic mass is 9.48. The predicted molar refractivity (Wildman–Crippen MR) is 124 cm³/mol. The Morgan fingerprint density at radius 3 is 2.54 bits per heavy atom. The number of fused-ring (bicyclic) bond motifs is 4. The molecule has 1 N–H and O–H groups in total. The molecule has 4 aliphatic rings. The van der Waals surface area contributed by atoms with Gasteiger partial charge in [0, 0.05) is 23.3 Å². The van der Waals surface area contributed by atoms with E-state index in [9.17, 15) is 14.7 Å². The molecule has 35 heavy (non-hydrogen) atoms. The number of esters is 2. The lowest BCUT2D eigenvalue weighted by molar-refractivity contribution is -0.327. The largest absolute Gasteiger partial charge is 0.468 e. The van der Waals surface area contributed by atoms with Crippen LogP contribution >= 0.6 is 0 Å². The van der Waals surface area contributed by atoms with Crippen molar-refractivity contribution in [1.29, 1.82) is 0 Å². The number of hydrogen-bond donors (Lipinski definition) is 1. The maximum Gasteiger partial charge on any atom is 0.317 e. The number of aliphatic hydroxyl groups is 1. The van der Waals surface area contributed by atoms with Crippen molar-refractivity contribution in [2.75, 3.05) is 20.3 Å². The van der Waals surface area contributed by atoms with Crippen LogP contribution in [0.2, 0.25) is 0 Å². The smallest absolute Gasteiger partial charge is 0.317 e. The quantitative estimate of drug-likeness (QED) is 0.501. The van der Waals surface area contributed by atoms with E-state index in [1.54, 1.807) is 6.08 Å². The summed E-state index contributed by atoms with van der Waals surface area (Å²) in [5, 5.41) is 10.8. The molecule has 0 unspecified atom stereocenters. The van der Waals surface area contributed by atoms with Gasteiger partial charge in [-0.05, 0) is 27.2 Å². The summed E-state index contributed by atoms with van der Waals surface area (Å²) in [4.78, 5) is 26.0. The fourth-order valence-corrected chi connectivity index (χ4v) is 6.41. The van der Waals surface area contributed by atoms with Gasteiger partial charge in [0.05, 0.1) is 50.2 Å². The molecule has 8 nitrogen and oxygen atoms in total. The normalized spacial score (nSPS) is 39.6. The molecule has 0 radical (unpaired) electrons. The minimum atomic E-state index is -1.12. The van der Waals surface area contributed by atoms with Gasteiger partial charge in [0.2, 0.25) is 0 Å². The van der Waals surface area contributed by atoms with Crippen molar-refractivity contribution in [2.45, 2.75) is 64.3 Å². The summed E-state index contributed by atoms with van der Waals surface area (Å²) < 4.78 is 30.1. The molecule has 5 rings (SSSR count). The molecule has 0 amide bonds. The number of methoxy groups -OCH3 is 1. The molecular weight excluding hydrogens is 452 g/mol. The van der Waals surface area contributed by atoms with Gasteiger partial charge in [0.25, 0.3) is 0 Å². The first-order valence-corrected chi connectivity index (χ1v) is 12.2. The Balaban J connectivity index is 1.56. The van der Waals surface area contributed by atoms with Gasteiger partial charge < -0.3 is 28.8 Å². The minimum absolute atomic E-state index is 0.0795. The molecule has 1 saturated carbocycles.